The molecule has 0 aliphatic heterocycles. The summed E-state index contributed by atoms with van der Waals surface area (Å²) in [4.78, 5) is 7.82. The van der Waals surface area contributed by atoms with Gasteiger partial charge in [-0.3, -0.25) is 0 Å². The largest absolute Gasteiger partial charge is 0.481 e. The number of benzene rings is 2. The number of aromatic amines is 1. The van der Waals surface area contributed by atoms with E-state index in [9.17, 15) is 4.39 Å². The molecule has 4 aromatic rings. The summed E-state index contributed by atoms with van der Waals surface area (Å²) in [6.45, 7) is 4.32. The van der Waals surface area contributed by atoms with Gasteiger partial charge in [0.05, 0.1) is 12.8 Å². The summed E-state index contributed by atoms with van der Waals surface area (Å²) in [6.07, 6.45) is 2.33. The molecule has 0 amide bonds. The molecule has 0 spiro atoms. The second-order valence-corrected chi connectivity index (χ2v) is 7.47. The van der Waals surface area contributed by atoms with Crippen molar-refractivity contribution in [3.63, 3.8) is 0 Å². The number of pyridine rings is 1. The molecule has 0 fully saturated rings. The second kappa shape index (κ2) is 7.99. The van der Waals surface area contributed by atoms with Crippen LogP contribution in [0.15, 0.2) is 54.9 Å². The topological polar surface area (TPSA) is 63.7 Å². The molecule has 1 atom stereocenters. The van der Waals surface area contributed by atoms with E-state index in [1.54, 1.807) is 19.5 Å². The molecule has 148 valence electrons. The van der Waals surface area contributed by atoms with E-state index in [4.69, 9.17) is 9.72 Å². The molecule has 0 saturated carbocycles. The third-order valence-electron chi connectivity index (χ3n) is 5.29. The van der Waals surface area contributed by atoms with Crippen LogP contribution in [0.3, 0.4) is 0 Å². The van der Waals surface area contributed by atoms with Crippen molar-refractivity contribution in [3.8, 4) is 17.1 Å². The van der Waals surface area contributed by atoms with Crippen molar-refractivity contribution < 1.29 is 9.13 Å². The van der Waals surface area contributed by atoms with Gasteiger partial charge in [0, 0.05) is 22.4 Å². The number of rotatable bonds is 6. The molecule has 0 aliphatic rings. The minimum Gasteiger partial charge on any atom is -0.481 e. The molecule has 1 N–H and O–H groups in total. The van der Waals surface area contributed by atoms with Crippen LogP contribution in [0.5, 0.6) is 5.88 Å². The molecule has 2 aromatic carbocycles. The van der Waals surface area contributed by atoms with Gasteiger partial charge in [-0.2, -0.15) is 0 Å². The van der Waals surface area contributed by atoms with Crippen LogP contribution in [0.4, 0.5) is 4.39 Å². The molecule has 2 heterocycles. The lowest BCUT2D eigenvalue weighted by molar-refractivity contribution is 0.386. The summed E-state index contributed by atoms with van der Waals surface area (Å²) in [5.41, 5.74) is 2.60. The number of methoxy groups -OCH3 is 1. The summed E-state index contributed by atoms with van der Waals surface area (Å²) in [5.74, 6) is 1.74. The molecular formula is C23H23FN4O. The fourth-order valence-electron chi connectivity index (χ4n) is 3.64. The number of fused-ring (bicyclic) bond motifs is 1. The van der Waals surface area contributed by atoms with Gasteiger partial charge in [-0.25, -0.2) is 9.37 Å². The van der Waals surface area contributed by atoms with Crippen molar-refractivity contribution >= 4 is 10.8 Å². The van der Waals surface area contributed by atoms with E-state index < -0.39 is 0 Å². The summed E-state index contributed by atoms with van der Waals surface area (Å²) in [7, 11) is 1.62. The second-order valence-electron chi connectivity index (χ2n) is 7.47. The molecule has 4 rings (SSSR count). The van der Waals surface area contributed by atoms with Gasteiger partial charge in [0.25, 0.3) is 0 Å². The van der Waals surface area contributed by atoms with Gasteiger partial charge >= 0.3 is 0 Å². The van der Waals surface area contributed by atoms with Crippen LogP contribution in [0, 0.1) is 11.7 Å². The molecule has 0 bridgehead atoms. The fourth-order valence-corrected chi connectivity index (χ4v) is 3.64. The zero-order valence-electron chi connectivity index (χ0n) is 16.7. The number of nitrogens with one attached hydrogen (secondary N) is 1. The number of hydrogen-bond donors (Lipinski definition) is 1. The van der Waals surface area contributed by atoms with Crippen LogP contribution in [-0.4, -0.2) is 27.3 Å². The van der Waals surface area contributed by atoms with Crippen LogP contribution in [0.2, 0.25) is 0 Å². The number of hydrogen-bond acceptors (Lipinski definition) is 4. The van der Waals surface area contributed by atoms with Crippen molar-refractivity contribution in [1.82, 2.24) is 20.2 Å². The van der Waals surface area contributed by atoms with Gasteiger partial charge in [0.1, 0.15) is 18.0 Å². The van der Waals surface area contributed by atoms with Crippen molar-refractivity contribution in [2.45, 2.75) is 26.2 Å². The van der Waals surface area contributed by atoms with Gasteiger partial charge in [-0.1, -0.05) is 44.2 Å². The number of nitrogens with zero attached hydrogens (tertiary/aromatic N) is 3. The first-order valence-corrected chi connectivity index (χ1v) is 9.65. The number of aromatic nitrogens is 4. The molecule has 6 heteroatoms. The Balaban J connectivity index is 1.69. The minimum absolute atomic E-state index is 0.175. The van der Waals surface area contributed by atoms with Crippen LogP contribution in [0.1, 0.15) is 31.2 Å². The maximum Gasteiger partial charge on any atom is 0.216 e. The predicted molar refractivity (Wildman–Crippen MR) is 111 cm³/mol. The van der Waals surface area contributed by atoms with E-state index in [2.05, 4.69) is 29.0 Å². The summed E-state index contributed by atoms with van der Waals surface area (Å²) < 4.78 is 19.8. The minimum atomic E-state index is -0.236. The number of halogens is 1. The van der Waals surface area contributed by atoms with Crippen molar-refractivity contribution in [2.75, 3.05) is 7.11 Å². The van der Waals surface area contributed by atoms with Crippen molar-refractivity contribution in [3.05, 3.63) is 72.1 Å². The van der Waals surface area contributed by atoms with Crippen molar-refractivity contribution in [1.29, 1.82) is 0 Å². The molecule has 5 nitrogen and oxygen atoms in total. The Labute approximate surface area is 169 Å². The summed E-state index contributed by atoms with van der Waals surface area (Å²) in [6, 6.07) is 14.8. The molecule has 0 saturated heterocycles. The SMILES string of the molecule is COc1nc(-c2ccc3cccc(F)c3c2)ccc1CC(c1nnc[nH]1)C(C)C. The van der Waals surface area contributed by atoms with Crippen LogP contribution < -0.4 is 4.74 Å². The summed E-state index contributed by atoms with van der Waals surface area (Å²) in [5, 5.41) is 9.55. The first-order valence-electron chi connectivity index (χ1n) is 9.65. The maximum atomic E-state index is 14.2. The lowest BCUT2D eigenvalue weighted by atomic mass is 9.88. The van der Waals surface area contributed by atoms with Gasteiger partial charge < -0.3 is 9.72 Å². The van der Waals surface area contributed by atoms with Gasteiger partial charge in [-0.05, 0) is 35.9 Å². The normalized spacial score (nSPS) is 12.4. The lowest BCUT2D eigenvalue weighted by Gasteiger charge is -2.19. The van der Waals surface area contributed by atoms with E-state index in [1.807, 2.05) is 36.4 Å². The predicted octanol–water partition coefficient (Wildman–Crippen LogP) is 5.15. The van der Waals surface area contributed by atoms with Crippen molar-refractivity contribution in [2.24, 2.45) is 5.92 Å². The smallest absolute Gasteiger partial charge is 0.216 e. The molecule has 0 aliphatic carbocycles. The Morgan fingerprint density at radius 2 is 1.97 bits per heavy atom. The monoisotopic (exact) mass is 390 g/mol. The Bertz CT molecular complexity index is 1130. The molecule has 29 heavy (non-hydrogen) atoms. The number of ether oxygens (including phenoxy) is 1. The third-order valence-corrected chi connectivity index (χ3v) is 5.29. The molecule has 2 aromatic heterocycles. The summed E-state index contributed by atoms with van der Waals surface area (Å²) >= 11 is 0. The molecule has 1 unspecified atom stereocenters. The van der Waals surface area contributed by atoms with E-state index in [0.717, 1.165) is 34.5 Å². The zero-order chi connectivity index (χ0) is 20.4. The highest BCUT2D eigenvalue weighted by Gasteiger charge is 2.22. The Kier molecular flexibility index (Phi) is 5.25. The van der Waals surface area contributed by atoms with Crippen LogP contribution in [-0.2, 0) is 6.42 Å². The van der Waals surface area contributed by atoms with E-state index in [-0.39, 0.29) is 11.7 Å². The third kappa shape index (κ3) is 3.83. The standard InChI is InChI=1S/C23H23FN4O/c1-14(2)18(22-25-13-26-28-22)12-17-9-10-21(27-23(17)29-3)16-8-7-15-5-4-6-20(24)19(15)11-16/h4-11,13-14,18H,12H2,1-3H3,(H,25,26,28). The zero-order valence-corrected chi connectivity index (χ0v) is 16.7. The first-order chi connectivity index (χ1) is 14.1. The first kappa shape index (κ1) is 19.1. The lowest BCUT2D eigenvalue weighted by Crippen LogP contribution is -2.13. The highest BCUT2D eigenvalue weighted by molar-refractivity contribution is 5.87. The molecule has 0 radical (unpaired) electrons. The number of H-pyrrole nitrogens is 1. The van der Waals surface area contributed by atoms with Crippen LogP contribution in [0.25, 0.3) is 22.0 Å². The van der Waals surface area contributed by atoms with Gasteiger partial charge in [0.15, 0.2) is 0 Å². The van der Waals surface area contributed by atoms with Gasteiger partial charge in [-0.15, -0.1) is 10.2 Å². The average molecular weight is 390 g/mol. The fraction of sp³-hybridized carbons (Fsp3) is 0.261. The Morgan fingerprint density at radius 3 is 2.69 bits per heavy atom. The van der Waals surface area contributed by atoms with E-state index >= 15 is 0 Å². The molecular weight excluding hydrogens is 367 g/mol. The quantitative estimate of drug-likeness (QED) is 0.494. The van der Waals surface area contributed by atoms with E-state index in [1.165, 1.54) is 6.07 Å². The Hall–Kier alpha value is -3.28. The maximum absolute atomic E-state index is 14.2. The highest BCUT2D eigenvalue weighted by Crippen LogP contribution is 2.32. The average Bonchev–Trinajstić information content (AvgIpc) is 3.26. The highest BCUT2D eigenvalue weighted by atomic mass is 19.1. The van der Waals surface area contributed by atoms with E-state index in [0.29, 0.717) is 17.2 Å². The Morgan fingerprint density at radius 1 is 1.10 bits per heavy atom. The van der Waals surface area contributed by atoms with Crippen LogP contribution >= 0.6 is 0 Å². The van der Waals surface area contributed by atoms with Gasteiger partial charge in [0.2, 0.25) is 5.88 Å².